The van der Waals surface area contributed by atoms with E-state index >= 15 is 0 Å². The number of fused-ring (bicyclic) bond motifs is 4. The third-order valence-electron chi connectivity index (χ3n) is 5.40. The number of aryl methyl sites for hydroxylation is 1. The number of hydrogen-bond donors (Lipinski definition) is 1. The molecule has 5 nitrogen and oxygen atoms in total. The second-order valence-corrected chi connectivity index (χ2v) is 7.01. The van der Waals surface area contributed by atoms with Gasteiger partial charge in [-0.15, -0.1) is 0 Å². The first kappa shape index (κ1) is 15.3. The van der Waals surface area contributed by atoms with Crippen molar-refractivity contribution in [1.29, 1.82) is 0 Å². The molecule has 130 valence electrons. The fraction of sp³-hybridized carbons (Fsp3) is 0.286. The molecule has 0 aliphatic carbocycles. The normalized spacial score (nSPS) is 14.9. The molecule has 0 fully saturated rings. The zero-order valence-corrected chi connectivity index (χ0v) is 14.7. The highest BCUT2D eigenvalue weighted by Gasteiger charge is 2.22. The second-order valence-electron chi connectivity index (χ2n) is 7.01. The number of hydrogen-bond acceptors (Lipinski definition) is 4. The van der Waals surface area contributed by atoms with E-state index in [9.17, 15) is 0 Å². The van der Waals surface area contributed by atoms with E-state index in [0.29, 0.717) is 5.82 Å². The van der Waals surface area contributed by atoms with Crippen molar-refractivity contribution in [1.82, 2.24) is 19.5 Å². The Hall–Kier alpha value is -2.95. The van der Waals surface area contributed by atoms with Crippen LogP contribution in [0.15, 0.2) is 42.9 Å². The van der Waals surface area contributed by atoms with Gasteiger partial charge in [0.05, 0.1) is 10.9 Å². The molecule has 0 bridgehead atoms. The first-order valence-electron chi connectivity index (χ1n) is 9.29. The summed E-state index contributed by atoms with van der Waals surface area (Å²) in [5.41, 5.74) is 11.9. The van der Waals surface area contributed by atoms with Crippen molar-refractivity contribution in [3.05, 3.63) is 48.5 Å². The van der Waals surface area contributed by atoms with Gasteiger partial charge in [-0.25, -0.2) is 9.97 Å². The molecule has 5 heteroatoms. The molecule has 0 amide bonds. The maximum Gasteiger partial charge on any atom is 0.146 e. The van der Waals surface area contributed by atoms with E-state index in [0.717, 1.165) is 40.5 Å². The Morgan fingerprint density at radius 1 is 0.962 bits per heavy atom. The number of aromatic nitrogens is 4. The number of nitrogens with two attached hydrogens (primary N) is 1. The average Bonchev–Trinajstić information content (AvgIpc) is 2.95. The Kier molecular flexibility index (Phi) is 3.59. The molecule has 5 rings (SSSR count). The van der Waals surface area contributed by atoms with E-state index in [2.05, 4.69) is 31.7 Å². The number of anilines is 1. The highest BCUT2D eigenvalue weighted by molar-refractivity contribution is 6.03. The molecule has 0 unspecified atom stereocenters. The number of nitrogen functional groups attached to an aromatic ring is 1. The fourth-order valence-electron chi connectivity index (χ4n) is 4.18. The first-order valence-corrected chi connectivity index (χ1v) is 9.29. The van der Waals surface area contributed by atoms with Crippen LogP contribution in [0.4, 0.5) is 5.82 Å². The van der Waals surface area contributed by atoms with Crippen LogP contribution >= 0.6 is 0 Å². The molecular formula is C21H21N5. The lowest BCUT2D eigenvalue weighted by Gasteiger charge is -2.15. The number of pyridine rings is 1. The summed E-state index contributed by atoms with van der Waals surface area (Å²) in [7, 11) is 0. The number of para-hydroxylation sites is 1. The summed E-state index contributed by atoms with van der Waals surface area (Å²) in [6, 6.07) is 10.4. The molecule has 1 aromatic carbocycles. The van der Waals surface area contributed by atoms with E-state index in [1.807, 2.05) is 24.4 Å². The summed E-state index contributed by atoms with van der Waals surface area (Å²) in [6.45, 7) is 0.989. The van der Waals surface area contributed by atoms with Crippen LogP contribution in [0, 0.1) is 0 Å². The summed E-state index contributed by atoms with van der Waals surface area (Å²) >= 11 is 0. The summed E-state index contributed by atoms with van der Waals surface area (Å²) < 4.78 is 2.36. The van der Waals surface area contributed by atoms with Gasteiger partial charge >= 0.3 is 0 Å². The molecule has 1 aliphatic heterocycles. The molecule has 0 atom stereocenters. The van der Waals surface area contributed by atoms with Gasteiger partial charge in [0.25, 0.3) is 0 Å². The van der Waals surface area contributed by atoms with E-state index in [1.54, 1.807) is 6.33 Å². The number of benzene rings is 1. The lowest BCUT2D eigenvalue weighted by atomic mass is 9.99. The van der Waals surface area contributed by atoms with Crippen LogP contribution in [0.1, 0.15) is 31.4 Å². The molecule has 0 saturated carbocycles. The maximum atomic E-state index is 6.31. The van der Waals surface area contributed by atoms with Crippen molar-refractivity contribution in [2.24, 2.45) is 0 Å². The van der Waals surface area contributed by atoms with Gasteiger partial charge in [0.1, 0.15) is 17.8 Å². The van der Waals surface area contributed by atoms with Crippen LogP contribution in [0.2, 0.25) is 0 Å². The lowest BCUT2D eigenvalue weighted by molar-refractivity contribution is 0.530. The minimum atomic E-state index is 0.553. The van der Waals surface area contributed by atoms with Crippen LogP contribution in [0.25, 0.3) is 33.1 Å². The van der Waals surface area contributed by atoms with Crippen LogP contribution in [0.3, 0.4) is 0 Å². The first-order chi connectivity index (χ1) is 12.8. The highest BCUT2D eigenvalue weighted by atomic mass is 15.1. The summed E-state index contributed by atoms with van der Waals surface area (Å²) in [4.78, 5) is 13.5. The van der Waals surface area contributed by atoms with Gasteiger partial charge in [0.2, 0.25) is 0 Å². The third kappa shape index (κ3) is 2.35. The number of rotatable bonds is 1. The quantitative estimate of drug-likeness (QED) is 0.558. The standard InChI is InChI=1S/C21H21N5/c22-20-19-18(15-11-14-7-4-5-8-16(14)23-12-15)17-9-3-1-2-6-10-26(17)21(19)25-13-24-20/h4-5,7-8,11-13H,1-3,6,9-10H2,(H2,22,24,25). The Labute approximate surface area is 151 Å². The fourth-order valence-corrected chi connectivity index (χ4v) is 4.18. The van der Waals surface area contributed by atoms with Crippen molar-refractivity contribution < 1.29 is 0 Å². The van der Waals surface area contributed by atoms with Crippen LogP contribution in [-0.2, 0) is 13.0 Å². The smallest absolute Gasteiger partial charge is 0.146 e. The van der Waals surface area contributed by atoms with Gasteiger partial charge in [0, 0.05) is 34.9 Å². The van der Waals surface area contributed by atoms with Gasteiger partial charge in [-0.1, -0.05) is 31.0 Å². The van der Waals surface area contributed by atoms with Crippen molar-refractivity contribution in [3.8, 4) is 11.1 Å². The Balaban J connectivity index is 1.84. The highest BCUT2D eigenvalue weighted by Crippen LogP contribution is 2.38. The summed E-state index contributed by atoms with van der Waals surface area (Å²) in [5.74, 6) is 0.553. The van der Waals surface area contributed by atoms with Crippen molar-refractivity contribution in [2.45, 2.75) is 38.6 Å². The minimum absolute atomic E-state index is 0.553. The van der Waals surface area contributed by atoms with Crippen molar-refractivity contribution in [3.63, 3.8) is 0 Å². The molecule has 0 saturated heterocycles. The minimum Gasteiger partial charge on any atom is -0.383 e. The zero-order valence-electron chi connectivity index (χ0n) is 14.7. The lowest BCUT2D eigenvalue weighted by Crippen LogP contribution is -2.07. The molecule has 0 radical (unpaired) electrons. The van der Waals surface area contributed by atoms with E-state index in [1.165, 1.54) is 36.9 Å². The Morgan fingerprint density at radius 2 is 1.85 bits per heavy atom. The van der Waals surface area contributed by atoms with Gasteiger partial charge < -0.3 is 10.3 Å². The largest absolute Gasteiger partial charge is 0.383 e. The van der Waals surface area contributed by atoms with E-state index in [-0.39, 0.29) is 0 Å². The molecular weight excluding hydrogens is 322 g/mol. The summed E-state index contributed by atoms with van der Waals surface area (Å²) in [5, 5.41) is 2.11. The SMILES string of the molecule is Nc1ncnc2c1c(-c1cnc3ccccc3c1)c1n2CCCCCC1. The van der Waals surface area contributed by atoms with Gasteiger partial charge in [0.15, 0.2) is 0 Å². The molecule has 1 aliphatic rings. The average molecular weight is 343 g/mol. The van der Waals surface area contributed by atoms with E-state index < -0.39 is 0 Å². The molecule has 0 spiro atoms. The topological polar surface area (TPSA) is 69.6 Å². The van der Waals surface area contributed by atoms with Crippen LogP contribution < -0.4 is 5.73 Å². The maximum absolute atomic E-state index is 6.31. The molecule has 4 aromatic rings. The molecule has 4 heterocycles. The van der Waals surface area contributed by atoms with Crippen LogP contribution in [-0.4, -0.2) is 19.5 Å². The predicted octanol–water partition coefficient (Wildman–Crippen LogP) is 4.35. The number of nitrogens with zero attached hydrogens (tertiary/aromatic N) is 4. The van der Waals surface area contributed by atoms with Crippen molar-refractivity contribution in [2.75, 3.05) is 5.73 Å². The Morgan fingerprint density at radius 3 is 2.81 bits per heavy atom. The predicted molar refractivity (Wildman–Crippen MR) is 105 cm³/mol. The second kappa shape index (κ2) is 6.09. The van der Waals surface area contributed by atoms with Crippen molar-refractivity contribution >= 4 is 27.8 Å². The molecule has 2 N–H and O–H groups in total. The van der Waals surface area contributed by atoms with Crippen LogP contribution in [0.5, 0.6) is 0 Å². The Bertz CT molecular complexity index is 1110. The summed E-state index contributed by atoms with van der Waals surface area (Å²) in [6.07, 6.45) is 9.49. The van der Waals surface area contributed by atoms with Gasteiger partial charge in [-0.2, -0.15) is 0 Å². The monoisotopic (exact) mass is 343 g/mol. The van der Waals surface area contributed by atoms with E-state index in [4.69, 9.17) is 5.73 Å². The van der Waals surface area contributed by atoms with Gasteiger partial charge in [-0.05, 0) is 31.4 Å². The molecule has 26 heavy (non-hydrogen) atoms. The van der Waals surface area contributed by atoms with Gasteiger partial charge in [-0.3, -0.25) is 4.98 Å². The molecule has 3 aromatic heterocycles. The zero-order chi connectivity index (χ0) is 17.5. The third-order valence-corrected chi connectivity index (χ3v) is 5.40.